The van der Waals surface area contributed by atoms with Crippen molar-refractivity contribution in [1.82, 2.24) is 20.2 Å². The van der Waals surface area contributed by atoms with Gasteiger partial charge in [0.1, 0.15) is 5.82 Å². The van der Waals surface area contributed by atoms with E-state index in [-0.39, 0.29) is 0 Å². The van der Waals surface area contributed by atoms with Crippen molar-refractivity contribution in [3.05, 3.63) is 11.3 Å². The average molecular weight is 344 g/mol. The highest BCUT2D eigenvalue weighted by Gasteiger charge is 2.29. The Morgan fingerprint density at radius 2 is 2.00 bits per heavy atom. The van der Waals surface area contributed by atoms with Gasteiger partial charge in [-0.3, -0.25) is 4.79 Å². The molecule has 0 saturated carbocycles. The van der Waals surface area contributed by atoms with Gasteiger partial charge in [0.25, 0.3) is 0 Å². The van der Waals surface area contributed by atoms with Crippen LogP contribution in [-0.4, -0.2) is 60.0 Å². The Hall–Kier alpha value is -1.89. The molecule has 2 saturated heterocycles. The summed E-state index contributed by atoms with van der Waals surface area (Å²) in [6, 6.07) is 0. The molecule has 3 N–H and O–H groups in total. The highest BCUT2D eigenvalue weighted by atomic mass is 16.2. The van der Waals surface area contributed by atoms with Crippen molar-refractivity contribution in [3.8, 4) is 0 Å². The Morgan fingerprint density at radius 3 is 2.84 bits per heavy atom. The fourth-order valence-electron chi connectivity index (χ4n) is 4.42. The van der Waals surface area contributed by atoms with Crippen LogP contribution in [0.25, 0.3) is 0 Å². The first-order chi connectivity index (χ1) is 12.2. The second-order valence-corrected chi connectivity index (χ2v) is 7.48. The summed E-state index contributed by atoms with van der Waals surface area (Å²) in [5.41, 5.74) is 8.37. The lowest BCUT2D eigenvalue weighted by Crippen LogP contribution is -2.42. The van der Waals surface area contributed by atoms with E-state index in [1.54, 1.807) is 0 Å². The van der Waals surface area contributed by atoms with E-state index in [9.17, 15) is 4.79 Å². The fourth-order valence-corrected chi connectivity index (χ4v) is 4.42. The van der Waals surface area contributed by atoms with E-state index in [1.165, 1.54) is 12.0 Å². The molecule has 0 aliphatic carbocycles. The Kier molecular flexibility index (Phi) is 4.74. The Morgan fingerprint density at radius 1 is 1.12 bits per heavy atom. The van der Waals surface area contributed by atoms with Crippen molar-refractivity contribution in [3.63, 3.8) is 0 Å². The molecule has 4 rings (SSSR count). The van der Waals surface area contributed by atoms with Crippen LogP contribution in [0, 0.1) is 5.92 Å². The predicted molar refractivity (Wildman–Crippen MR) is 97.5 cm³/mol. The van der Waals surface area contributed by atoms with Gasteiger partial charge >= 0.3 is 0 Å². The molecule has 0 unspecified atom stereocenters. The van der Waals surface area contributed by atoms with Crippen LogP contribution in [-0.2, 0) is 17.6 Å². The number of nitrogens with two attached hydrogens (primary N) is 1. The lowest BCUT2D eigenvalue weighted by molar-refractivity contribution is -0.128. The van der Waals surface area contributed by atoms with Crippen molar-refractivity contribution in [2.75, 3.05) is 49.9 Å². The normalized spacial score (nSPS) is 24.3. The highest BCUT2D eigenvalue weighted by molar-refractivity contribution is 5.78. The Bertz CT molecular complexity index is 649. The Labute approximate surface area is 149 Å². The van der Waals surface area contributed by atoms with Gasteiger partial charge in [0.05, 0.1) is 5.69 Å². The maximum absolute atomic E-state index is 11.9. The zero-order valence-corrected chi connectivity index (χ0v) is 14.8. The average Bonchev–Trinajstić information content (AvgIpc) is 2.87. The first-order valence-corrected chi connectivity index (χ1v) is 9.59. The van der Waals surface area contributed by atoms with E-state index in [0.717, 1.165) is 82.9 Å². The zero-order chi connectivity index (χ0) is 17.2. The second kappa shape index (κ2) is 7.15. The number of hydrogen-bond acceptors (Lipinski definition) is 6. The third kappa shape index (κ3) is 3.56. The third-order valence-corrected chi connectivity index (χ3v) is 5.65. The number of carbonyl (C=O) groups is 1. The molecule has 0 aromatic carbocycles. The van der Waals surface area contributed by atoms with E-state index in [1.807, 2.05) is 4.90 Å². The van der Waals surface area contributed by atoms with Gasteiger partial charge in [0.2, 0.25) is 11.9 Å². The molecule has 1 amide bonds. The summed E-state index contributed by atoms with van der Waals surface area (Å²) >= 11 is 0. The van der Waals surface area contributed by atoms with Crippen molar-refractivity contribution in [2.24, 2.45) is 5.92 Å². The summed E-state index contributed by atoms with van der Waals surface area (Å²) in [5, 5.41) is 3.43. The molecule has 0 spiro atoms. The van der Waals surface area contributed by atoms with Crippen molar-refractivity contribution < 1.29 is 4.79 Å². The van der Waals surface area contributed by atoms with Crippen LogP contribution >= 0.6 is 0 Å². The number of anilines is 2. The molecule has 7 nitrogen and oxygen atoms in total. The van der Waals surface area contributed by atoms with E-state index in [2.05, 4.69) is 20.2 Å². The lowest BCUT2D eigenvalue weighted by Gasteiger charge is -2.36. The number of nitrogens with zero attached hydrogens (tertiary/aromatic N) is 4. The monoisotopic (exact) mass is 344 g/mol. The van der Waals surface area contributed by atoms with E-state index < -0.39 is 0 Å². The number of carbonyl (C=O) groups excluding carboxylic acids is 1. The largest absolute Gasteiger partial charge is 0.368 e. The lowest BCUT2D eigenvalue weighted by atomic mass is 9.96. The smallest absolute Gasteiger partial charge is 0.222 e. The quantitative estimate of drug-likeness (QED) is 0.834. The molecular formula is C18H28N6O. The standard InChI is InChI=1S/C18H28N6O/c19-18-21-15-6-8-20-7-5-14(15)17(22-18)24-10-1-3-13(12-24)11-23-9-2-4-16(23)25/h13,20H,1-12H2,(H2,19,21,22)/t13-/m1/s1. The molecule has 4 heterocycles. The van der Waals surface area contributed by atoms with Gasteiger partial charge in [-0.25, -0.2) is 4.98 Å². The van der Waals surface area contributed by atoms with Crippen LogP contribution in [0.5, 0.6) is 0 Å². The zero-order valence-electron chi connectivity index (χ0n) is 14.8. The summed E-state index contributed by atoms with van der Waals surface area (Å²) in [7, 11) is 0. The minimum absolute atomic E-state index is 0.323. The third-order valence-electron chi connectivity index (χ3n) is 5.65. The first kappa shape index (κ1) is 16.6. The maximum Gasteiger partial charge on any atom is 0.222 e. The number of fused-ring (bicyclic) bond motifs is 1. The molecule has 3 aliphatic heterocycles. The molecule has 1 atom stereocenters. The number of aromatic nitrogens is 2. The molecule has 1 aromatic heterocycles. The topological polar surface area (TPSA) is 87.4 Å². The number of amides is 1. The van der Waals surface area contributed by atoms with E-state index >= 15 is 0 Å². The minimum Gasteiger partial charge on any atom is -0.368 e. The van der Waals surface area contributed by atoms with Crippen LogP contribution in [0.15, 0.2) is 0 Å². The number of nitrogens with one attached hydrogen (secondary N) is 1. The van der Waals surface area contributed by atoms with Crippen LogP contribution in [0.2, 0.25) is 0 Å². The first-order valence-electron chi connectivity index (χ1n) is 9.59. The minimum atomic E-state index is 0.323. The van der Waals surface area contributed by atoms with E-state index in [4.69, 9.17) is 5.73 Å². The highest BCUT2D eigenvalue weighted by Crippen LogP contribution is 2.29. The Balaban J connectivity index is 1.53. The van der Waals surface area contributed by atoms with Gasteiger partial charge in [-0.2, -0.15) is 4.98 Å². The van der Waals surface area contributed by atoms with E-state index in [0.29, 0.717) is 17.8 Å². The predicted octanol–water partition coefficient (Wildman–Crippen LogP) is 0.586. The van der Waals surface area contributed by atoms with Crippen LogP contribution in [0.1, 0.15) is 36.9 Å². The number of likely N-dealkylation sites (tertiary alicyclic amines) is 1. The molecule has 0 radical (unpaired) electrons. The molecule has 2 fully saturated rings. The number of hydrogen-bond donors (Lipinski definition) is 2. The summed E-state index contributed by atoms with van der Waals surface area (Å²) in [6.07, 6.45) is 5.93. The van der Waals surface area contributed by atoms with Crippen LogP contribution < -0.4 is 16.0 Å². The molecule has 1 aromatic rings. The molecular weight excluding hydrogens is 316 g/mol. The summed E-state index contributed by atoms with van der Waals surface area (Å²) in [5.74, 6) is 2.26. The van der Waals surface area contributed by atoms with Gasteiger partial charge in [-0.15, -0.1) is 0 Å². The number of rotatable bonds is 3. The van der Waals surface area contributed by atoms with Crippen molar-refractivity contribution >= 4 is 17.7 Å². The fraction of sp³-hybridized carbons (Fsp3) is 0.722. The van der Waals surface area contributed by atoms with Gasteiger partial charge < -0.3 is 20.9 Å². The molecule has 7 heteroatoms. The van der Waals surface area contributed by atoms with Crippen LogP contribution in [0.4, 0.5) is 11.8 Å². The van der Waals surface area contributed by atoms with Gasteiger partial charge in [0.15, 0.2) is 0 Å². The van der Waals surface area contributed by atoms with Gasteiger partial charge in [-0.1, -0.05) is 0 Å². The van der Waals surface area contributed by atoms with Gasteiger partial charge in [0, 0.05) is 51.1 Å². The molecule has 136 valence electrons. The molecule has 3 aliphatic rings. The summed E-state index contributed by atoms with van der Waals surface area (Å²) < 4.78 is 0. The molecule has 0 bridgehead atoms. The second-order valence-electron chi connectivity index (χ2n) is 7.48. The summed E-state index contributed by atoms with van der Waals surface area (Å²) in [6.45, 7) is 5.70. The van der Waals surface area contributed by atoms with Crippen molar-refractivity contribution in [1.29, 1.82) is 0 Å². The van der Waals surface area contributed by atoms with Gasteiger partial charge in [-0.05, 0) is 38.1 Å². The van der Waals surface area contributed by atoms with Crippen LogP contribution in [0.3, 0.4) is 0 Å². The summed E-state index contributed by atoms with van der Waals surface area (Å²) in [4.78, 5) is 25.5. The number of nitrogen functional groups attached to an aromatic ring is 1. The molecule has 25 heavy (non-hydrogen) atoms. The van der Waals surface area contributed by atoms with Crippen molar-refractivity contribution in [2.45, 2.75) is 38.5 Å². The maximum atomic E-state index is 11.9. The number of piperidine rings is 1. The SMILES string of the molecule is Nc1nc2c(c(N3CCC[C@H](CN4CCCC4=O)C3)n1)CCNCC2.